The molecule has 2 atom stereocenters. The van der Waals surface area contributed by atoms with Crippen molar-refractivity contribution >= 4 is 11.6 Å². The average Bonchev–Trinajstić information content (AvgIpc) is 3.22. The summed E-state index contributed by atoms with van der Waals surface area (Å²) in [6, 6.07) is 7.80. The lowest BCUT2D eigenvalue weighted by molar-refractivity contribution is -0.117. The Labute approximate surface area is 121 Å². The third-order valence-electron chi connectivity index (χ3n) is 3.79. The molecule has 1 aliphatic carbocycles. The van der Waals surface area contributed by atoms with Crippen molar-refractivity contribution in [2.75, 3.05) is 5.32 Å². The van der Waals surface area contributed by atoms with E-state index in [0.29, 0.717) is 5.69 Å². The van der Waals surface area contributed by atoms with Gasteiger partial charge in [-0.05, 0) is 42.5 Å². The van der Waals surface area contributed by atoms with Crippen LogP contribution in [0.15, 0.2) is 41.3 Å². The van der Waals surface area contributed by atoms with Crippen LogP contribution in [-0.2, 0) is 4.79 Å². The Morgan fingerprint density at radius 1 is 1.38 bits per heavy atom. The van der Waals surface area contributed by atoms with Crippen LogP contribution in [0.3, 0.4) is 0 Å². The Morgan fingerprint density at radius 3 is 2.90 bits per heavy atom. The summed E-state index contributed by atoms with van der Waals surface area (Å²) >= 11 is 0. The number of amides is 1. The van der Waals surface area contributed by atoms with E-state index in [0.717, 1.165) is 17.5 Å². The van der Waals surface area contributed by atoms with Crippen LogP contribution in [0.2, 0.25) is 0 Å². The minimum atomic E-state index is -0.282. The first-order valence-corrected chi connectivity index (χ1v) is 6.80. The van der Waals surface area contributed by atoms with Crippen molar-refractivity contribution in [3.05, 3.63) is 63.8 Å². The summed E-state index contributed by atoms with van der Waals surface area (Å²) in [6.45, 7) is 1.77. The predicted molar refractivity (Wildman–Crippen MR) is 77.7 cm³/mol. The maximum atomic E-state index is 13.2. The van der Waals surface area contributed by atoms with Gasteiger partial charge in [0.15, 0.2) is 0 Å². The molecule has 0 unspecified atom stereocenters. The first-order valence-electron chi connectivity index (χ1n) is 6.80. The maximum Gasteiger partial charge on any atom is 0.248 e. The second-order valence-corrected chi connectivity index (χ2v) is 5.39. The highest BCUT2D eigenvalue weighted by Crippen LogP contribution is 2.48. The first-order chi connectivity index (χ1) is 10.0. The second-order valence-electron chi connectivity index (χ2n) is 5.39. The fraction of sp³-hybridized carbons (Fsp3) is 0.250. The number of anilines is 1. The summed E-state index contributed by atoms with van der Waals surface area (Å²) in [5.41, 5.74) is 1.97. The third kappa shape index (κ3) is 2.86. The molecule has 0 spiro atoms. The van der Waals surface area contributed by atoms with Gasteiger partial charge in [0.1, 0.15) is 5.82 Å². The van der Waals surface area contributed by atoms with E-state index in [2.05, 4.69) is 10.3 Å². The number of hydrogen-bond acceptors (Lipinski definition) is 2. The minimum absolute atomic E-state index is 0.0729. The third-order valence-corrected chi connectivity index (χ3v) is 3.79. The number of aryl methyl sites for hydroxylation is 1. The van der Waals surface area contributed by atoms with E-state index < -0.39 is 0 Å². The van der Waals surface area contributed by atoms with Gasteiger partial charge in [0.25, 0.3) is 0 Å². The van der Waals surface area contributed by atoms with E-state index in [1.54, 1.807) is 13.0 Å². The highest BCUT2D eigenvalue weighted by Gasteiger charge is 2.44. The monoisotopic (exact) mass is 286 g/mol. The fourth-order valence-electron chi connectivity index (χ4n) is 2.52. The van der Waals surface area contributed by atoms with Crippen molar-refractivity contribution in [1.29, 1.82) is 0 Å². The quantitative estimate of drug-likeness (QED) is 0.911. The van der Waals surface area contributed by atoms with Crippen LogP contribution in [0.25, 0.3) is 0 Å². The molecule has 1 saturated carbocycles. The standard InChI is InChI=1S/C16H15FN2O2/c1-9-5-15(20)18-8-14(9)19-16(21)13-7-12(13)10-3-2-4-11(17)6-10/h2-6,8,12-13H,7H2,1H3,(H,18,20)(H,19,21)/t12-,13+/m1/s1. The molecule has 5 heteroatoms. The number of halogens is 1. The molecule has 21 heavy (non-hydrogen) atoms. The molecule has 0 aliphatic heterocycles. The van der Waals surface area contributed by atoms with Crippen molar-refractivity contribution < 1.29 is 9.18 Å². The van der Waals surface area contributed by atoms with Crippen LogP contribution in [-0.4, -0.2) is 10.9 Å². The number of aromatic nitrogens is 1. The van der Waals surface area contributed by atoms with E-state index in [1.807, 2.05) is 6.07 Å². The molecule has 3 rings (SSSR count). The number of aromatic amines is 1. The Bertz CT molecular complexity index is 754. The number of carbonyl (C=O) groups excluding carboxylic acids is 1. The van der Waals surface area contributed by atoms with E-state index in [4.69, 9.17) is 0 Å². The SMILES string of the molecule is Cc1cc(=O)[nH]cc1NC(=O)[C@H]1C[C@@H]1c1cccc(F)c1. The molecule has 0 bridgehead atoms. The molecule has 0 radical (unpaired) electrons. The van der Waals surface area contributed by atoms with Gasteiger partial charge in [-0.3, -0.25) is 9.59 Å². The lowest BCUT2D eigenvalue weighted by atomic mass is 10.1. The molecule has 2 aromatic rings. The summed E-state index contributed by atoms with van der Waals surface area (Å²) in [4.78, 5) is 25.9. The maximum absolute atomic E-state index is 13.2. The predicted octanol–water partition coefficient (Wildman–Crippen LogP) is 2.56. The number of carbonyl (C=O) groups is 1. The zero-order valence-corrected chi connectivity index (χ0v) is 11.5. The molecule has 0 saturated heterocycles. The summed E-state index contributed by atoms with van der Waals surface area (Å²) < 4.78 is 13.2. The summed E-state index contributed by atoms with van der Waals surface area (Å²) in [7, 11) is 0. The number of H-pyrrole nitrogens is 1. The van der Waals surface area contributed by atoms with Crippen LogP contribution in [0, 0.1) is 18.7 Å². The van der Waals surface area contributed by atoms with Crippen LogP contribution in [0.1, 0.15) is 23.5 Å². The first kappa shape index (κ1) is 13.5. The van der Waals surface area contributed by atoms with Crippen LogP contribution in [0.4, 0.5) is 10.1 Å². The van der Waals surface area contributed by atoms with Gasteiger partial charge in [-0.1, -0.05) is 12.1 Å². The molecule has 4 nitrogen and oxygen atoms in total. The number of nitrogens with one attached hydrogen (secondary N) is 2. The van der Waals surface area contributed by atoms with Crippen LogP contribution < -0.4 is 10.9 Å². The second kappa shape index (κ2) is 5.16. The van der Waals surface area contributed by atoms with E-state index in [-0.39, 0.29) is 29.1 Å². The molecule has 1 aromatic heterocycles. The van der Waals surface area contributed by atoms with Crippen molar-refractivity contribution in [1.82, 2.24) is 4.98 Å². The number of benzene rings is 1. The Hall–Kier alpha value is -2.43. The summed E-state index contributed by atoms with van der Waals surface area (Å²) in [6.07, 6.45) is 2.22. The van der Waals surface area contributed by atoms with Gasteiger partial charge in [-0.25, -0.2) is 4.39 Å². The number of rotatable bonds is 3. The number of pyridine rings is 1. The Kier molecular flexibility index (Phi) is 3.33. The molecular formula is C16H15FN2O2. The average molecular weight is 286 g/mol. The molecule has 1 heterocycles. The van der Waals surface area contributed by atoms with E-state index in [9.17, 15) is 14.0 Å². The molecular weight excluding hydrogens is 271 g/mol. The molecule has 2 N–H and O–H groups in total. The van der Waals surface area contributed by atoms with Gasteiger partial charge in [0.05, 0.1) is 5.69 Å². The molecule has 1 aliphatic rings. The van der Waals surface area contributed by atoms with Crippen LogP contribution >= 0.6 is 0 Å². The van der Waals surface area contributed by atoms with Gasteiger partial charge < -0.3 is 10.3 Å². The van der Waals surface area contributed by atoms with Gasteiger partial charge >= 0.3 is 0 Å². The molecule has 108 valence electrons. The normalized spacial score (nSPS) is 20.1. The molecule has 1 amide bonds. The van der Waals surface area contributed by atoms with Crippen molar-refractivity contribution in [3.63, 3.8) is 0 Å². The lowest BCUT2D eigenvalue weighted by Crippen LogP contribution is -2.17. The largest absolute Gasteiger partial charge is 0.327 e. The highest BCUT2D eigenvalue weighted by atomic mass is 19.1. The zero-order chi connectivity index (χ0) is 15.0. The van der Waals surface area contributed by atoms with Gasteiger partial charge in [0, 0.05) is 18.2 Å². The smallest absolute Gasteiger partial charge is 0.248 e. The van der Waals surface area contributed by atoms with Gasteiger partial charge in [0.2, 0.25) is 11.5 Å². The van der Waals surface area contributed by atoms with Crippen molar-refractivity contribution in [3.8, 4) is 0 Å². The fourth-order valence-corrected chi connectivity index (χ4v) is 2.52. The molecule has 1 fully saturated rings. The van der Waals surface area contributed by atoms with Crippen LogP contribution in [0.5, 0.6) is 0 Å². The van der Waals surface area contributed by atoms with E-state index >= 15 is 0 Å². The lowest BCUT2D eigenvalue weighted by Gasteiger charge is -2.07. The zero-order valence-electron chi connectivity index (χ0n) is 11.5. The highest BCUT2D eigenvalue weighted by molar-refractivity contribution is 5.95. The Morgan fingerprint density at radius 2 is 2.19 bits per heavy atom. The summed E-state index contributed by atoms with van der Waals surface area (Å²) in [5.74, 6) is -0.448. The van der Waals surface area contributed by atoms with E-state index in [1.165, 1.54) is 24.4 Å². The van der Waals surface area contributed by atoms with Gasteiger partial charge in [-0.2, -0.15) is 0 Å². The number of hydrogen-bond donors (Lipinski definition) is 2. The topological polar surface area (TPSA) is 62.0 Å². The van der Waals surface area contributed by atoms with Crippen molar-refractivity contribution in [2.24, 2.45) is 5.92 Å². The van der Waals surface area contributed by atoms with Crippen molar-refractivity contribution in [2.45, 2.75) is 19.3 Å². The van der Waals surface area contributed by atoms with Gasteiger partial charge in [-0.15, -0.1) is 0 Å². The molecule has 1 aromatic carbocycles. The minimum Gasteiger partial charge on any atom is -0.327 e. The Balaban J connectivity index is 1.69. The summed E-state index contributed by atoms with van der Waals surface area (Å²) in [5, 5.41) is 2.81.